The van der Waals surface area contributed by atoms with Crippen LogP contribution in [0.5, 0.6) is 0 Å². The molecular weight excluding hydrogens is 231 g/mol. The van der Waals surface area contributed by atoms with E-state index in [9.17, 15) is 9.50 Å². The normalized spacial score (nSPS) is 22.8. The van der Waals surface area contributed by atoms with E-state index in [2.05, 4.69) is 0 Å². The Labute approximate surface area is 105 Å². The van der Waals surface area contributed by atoms with Gasteiger partial charge in [0.25, 0.3) is 0 Å². The number of hydrogen-bond donors (Lipinski definition) is 1. The topological polar surface area (TPSA) is 33.4 Å². The van der Waals surface area contributed by atoms with Crippen molar-refractivity contribution in [3.8, 4) is 0 Å². The molecular formula is C15H15FO2. The summed E-state index contributed by atoms with van der Waals surface area (Å²) in [4.78, 5) is 0. The van der Waals surface area contributed by atoms with Crippen LogP contribution >= 0.6 is 0 Å². The smallest absolute Gasteiger partial charge is 0.126 e. The first-order valence-corrected chi connectivity index (χ1v) is 6.17. The van der Waals surface area contributed by atoms with E-state index in [1.807, 2.05) is 0 Å². The number of aliphatic hydroxyl groups is 1. The summed E-state index contributed by atoms with van der Waals surface area (Å²) in [5, 5.41) is 10.9. The molecule has 0 saturated carbocycles. The predicted octanol–water partition coefficient (Wildman–Crippen LogP) is 3.30. The van der Waals surface area contributed by atoms with E-state index in [1.165, 1.54) is 6.07 Å². The van der Waals surface area contributed by atoms with E-state index in [1.54, 1.807) is 31.4 Å². The number of rotatable bonds is 1. The minimum Gasteiger partial charge on any atom is -0.469 e. The van der Waals surface area contributed by atoms with Crippen molar-refractivity contribution < 1.29 is 13.9 Å². The molecule has 1 aliphatic carbocycles. The number of hydrogen-bond acceptors (Lipinski definition) is 2. The van der Waals surface area contributed by atoms with Gasteiger partial charge >= 0.3 is 0 Å². The van der Waals surface area contributed by atoms with Crippen molar-refractivity contribution in [3.63, 3.8) is 0 Å². The van der Waals surface area contributed by atoms with Crippen molar-refractivity contribution in [3.05, 3.63) is 58.8 Å². The van der Waals surface area contributed by atoms with Crippen molar-refractivity contribution in [2.75, 3.05) is 0 Å². The molecule has 1 N–H and O–H groups in total. The molecule has 1 aromatic heterocycles. The molecule has 0 spiro atoms. The summed E-state index contributed by atoms with van der Waals surface area (Å²) in [6.45, 7) is 1.72. The maximum atomic E-state index is 13.7. The van der Waals surface area contributed by atoms with Crippen LogP contribution in [0, 0.1) is 12.7 Å². The SMILES string of the molecule is Cc1ccc(C2(O)CCCc3occc32)cc1F. The quantitative estimate of drug-likeness (QED) is 0.837. The maximum Gasteiger partial charge on any atom is 0.126 e. The molecule has 2 nitrogen and oxygen atoms in total. The molecule has 1 aromatic carbocycles. The van der Waals surface area contributed by atoms with Crippen LogP contribution < -0.4 is 0 Å². The molecule has 1 atom stereocenters. The molecule has 1 aliphatic rings. The van der Waals surface area contributed by atoms with Crippen LogP contribution in [-0.4, -0.2) is 5.11 Å². The zero-order valence-corrected chi connectivity index (χ0v) is 10.2. The summed E-state index contributed by atoms with van der Waals surface area (Å²) < 4.78 is 19.0. The largest absolute Gasteiger partial charge is 0.469 e. The average molecular weight is 246 g/mol. The van der Waals surface area contributed by atoms with E-state index in [4.69, 9.17) is 4.42 Å². The van der Waals surface area contributed by atoms with Gasteiger partial charge in [-0.3, -0.25) is 0 Å². The van der Waals surface area contributed by atoms with E-state index >= 15 is 0 Å². The van der Waals surface area contributed by atoms with Gasteiger partial charge < -0.3 is 9.52 Å². The van der Waals surface area contributed by atoms with Gasteiger partial charge in [-0.25, -0.2) is 4.39 Å². The van der Waals surface area contributed by atoms with E-state index in [-0.39, 0.29) is 5.82 Å². The standard InChI is InChI=1S/C15H15FO2/c1-10-4-5-11(9-13(10)16)15(17)7-2-3-14-12(15)6-8-18-14/h4-6,8-9,17H,2-3,7H2,1H3. The van der Waals surface area contributed by atoms with Crippen LogP contribution in [0.3, 0.4) is 0 Å². The number of fused-ring (bicyclic) bond motifs is 1. The van der Waals surface area contributed by atoms with Gasteiger partial charge in [-0.15, -0.1) is 0 Å². The Hall–Kier alpha value is -1.61. The third-order valence-electron chi connectivity index (χ3n) is 3.78. The van der Waals surface area contributed by atoms with Crippen molar-refractivity contribution in [1.29, 1.82) is 0 Å². The third-order valence-corrected chi connectivity index (χ3v) is 3.78. The lowest BCUT2D eigenvalue weighted by molar-refractivity contribution is 0.0586. The molecule has 3 heteroatoms. The molecule has 0 saturated heterocycles. The van der Waals surface area contributed by atoms with Crippen molar-refractivity contribution >= 4 is 0 Å². The molecule has 2 aromatic rings. The fourth-order valence-corrected chi connectivity index (χ4v) is 2.69. The summed E-state index contributed by atoms with van der Waals surface area (Å²) in [6, 6.07) is 6.71. The minimum atomic E-state index is -1.12. The second-order valence-corrected chi connectivity index (χ2v) is 4.94. The number of benzene rings is 1. The third kappa shape index (κ3) is 1.58. The summed E-state index contributed by atoms with van der Waals surface area (Å²) in [7, 11) is 0. The second kappa shape index (κ2) is 3.95. The molecule has 18 heavy (non-hydrogen) atoms. The minimum absolute atomic E-state index is 0.281. The highest BCUT2D eigenvalue weighted by Crippen LogP contribution is 2.41. The zero-order chi connectivity index (χ0) is 12.8. The summed E-state index contributed by atoms with van der Waals surface area (Å²) in [5.41, 5.74) is 0.852. The molecule has 0 bridgehead atoms. The van der Waals surface area contributed by atoms with E-state index in [0.717, 1.165) is 24.2 Å². The number of furan rings is 1. The fraction of sp³-hybridized carbons (Fsp3) is 0.333. The Kier molecular flexibility index (Phi) is 2.52. The Morgan fingerprint density at radius 2 is 2.17 bits per heavy atom. The Morgan fingerprint density at radius 3 is 2.94 bits per heavy atom. The number of halogens is 1. The van der Waals surface area contributed by atoms with Gasteiger partial charge in [0.1, 0.15) is 17.2 Å². The predicted molar refractivity (Wildman–Crippen MR) is 65.8 cm³/mol. The molecule has 3 rings (SSSR count). The summed E-state index contributed by atoms with van der Waals surface area (Å²) in [5.74, 6) is 0.529. The first-order valence-electron chi connectivity index (χ1n) is 6.17. The van der Waals surface area contributed by atoms with Crippen molar-refractivity contribution in [2.45, 2.75) is 31.8 Å². The second-order valence-electron chi connectivity index (χ2n) is 4.94. The van der Waals surface area contributed by atoms with Crippen LogP contribution in [0.25, 0.3) is 0 Å². The first kappa shape index (κ1) is 11.5. The highest BCUT2D eigenvalue weighted by molar-refractivity contribution is 5.40. The van der Waals surface area contributed by atoms with E-state index in [0.29, 0.717) is 17.5 Å². The van der Waals surface area contributed by atoms with Crippen LogP contribution in [0.4, 0.5) is 4.39 Å². The highest BCUT2D eigenvalue weighted by atomic mass is 19.1. The summed E-state index contributed by atoms with van der Waals surface area (Å²) in [6.07, 6.45) is 3.86. The lowest BCUT2D eigenvalue weighted by Gasteiger charge is -2.32. The van der Waals surface area contributed by atoms with Crippen LogP contribution in [0.15, 0.2) is 34.9 Å². The number of aryl methyl sites for hydroxylation is 2. The monoisotopic (exact) mass is 246 g/mol. The van der Waals surface area contributed by atoms with E-state index < -0.39 is 5.60 Å². The lowest BCUT2D eigenvalue weighted by Crippen LogP contribution is -2.31. The molecule has 0 amide bonds. The van der Waals surface area contributed by atoms with Crippen LogP contribution in [-0.2, 0) is 12.0 Å². The van der Waals surface area contributed by atoms with Crippen LogP contribution in [0.1, 0.15) is 35.3 Å². The Balaban J connectivity index is 2.14. The van der Waals surface area contributed by atoms with Crippen LogP contribution in [0.2, 0.25) is 0 Å². The molecule has 0 fully saturated rings. The van der Waals surface area contributed by atoms with Crippen molar-refractivity contribution in [2.24, 2.45) is 0 Å². The van der Waals surface area contributed by atoms with Gasteiger partial charge in [-0.1, -0.05) is 12.1 Å². The molecule has 1 unspecified atom stereocenters. The van der Waals surface area contributed by atoms with Gasteiger partial charge in [0, 0.05) is 12.0 Å². The highest BCUT2D eigenvalue weighted by Gasteiger charge is 2.38. The lowest BCUT2D eigenvalue weighted by atomic mass is 9.78. The first-order chi connectivity index (χ1) is 8.61. The van der Waals surface area contributed by atoms with Gasteiger partial charge in [-0.05, 0) is 43.0 Å². The molecule has 1 heterocycles. The van der Waals surface area contributed by atoms with Gasteiger partial charge in [0.15, 0.2) is 0 Å². The van der Waals surface area contributed by atoms with Crippen molar-refractivity contribution in [1.82, 2.24) is 0 Å². The fourth-order valence-electron chi connectivity index (χ4n) is 2.69. The molecule has 94 valence electrons. The summed E-state index contributed by atoms with van der Waals surface area (Å²) >= 11 is 0. The van der Waals surface area contributed by atoms with Gasteiger partial charge in [-0.2, -0.15) is 0 Å². The van der Waals surface area contributed by atoms with Gasteiger partial charge in [0.2, 0.25) is 0 Å². The Morgan fingerprint density at radius 1 is 1.33 bits per heavy atom. The zero-order valence-electron chi connectivity index (χ0n) is 10.2. The molecule has 0 aliphatic heterocycles. The average Bonchev–Trinajstić information content (AvgIpc) is 2.82. The Bertz CT molecular complexity index is 588. The maximum absolute atomic E-state index is 13.7. The molecule has 0 radical (unpaired) electrons. The van der Waals surface area contributed by atoms with Gasteiger partial charge in [0.05, 0.1) is 6.26 Å².